The Labute approximate surface area is 139 Å². The molecular formula is C21H30O2. The van der Waals surface area contributed by atoms with Crippen molar-refractivity contribution in [2.24, 2.45) is 17.8 Å². The van der Waals surface area contributed by atoms with Crippen molar-refractivity contribution in [3.05, 3.63) is 23.3 Å². The number of rotatable bonds is 3. The molecule has 0 heterocycles. The summed E-state index contributed by atoms with van der Waals surface area (Å²) < 4.78 is 0. The van der Waals surface area contributed by atoms with Crippen molar-refractivity contribution >= 4 is 0 Å². The second kappa shape index (κ2) is 4.91. The molecule has 0 spiro atoms. The van der Waals surface area contributed by atoms with Crippen molar-refractivity contribution in [1.82, 2.24) is 0 Å². The summed E-state index contributed by atoms with van der Waals surface area (Å²) in [5.41, 5.74) is 1.93. The van der Waals surface area contributed by atoms with Crippen LogP contribution >= 0.6 is 0 Å². The molecule has 1 aromatic rings. The van der Waals surface area contributed by atoms with E-state index in [-0.39, 0.29) is 10.8 Å². The zero-order chi connectivity index (χ0) is 16.4. The molecule has 4 aliphatic carbocycles. The molecule has 5 rings (SSSR count). The Bertz CT molecular complexity index is 570. The van der Waals surface area contributed by atoms with Gasteiger partial charge in [0.15, 0.2) is 0 Å². The molecule has 0 unspecified atom stereocenters. The number of benzene rings is 1. The summed E-state index contributed by atoms with van der Waals surface area (Å²) in [5.74, 6) is 3.11. The van der Waals surface area contributed by atoms with Crippen molar-refractivity contribution in [2.45, 2.75) is 76.5 Å². The van der Waals surface area contributed by atoms with Crippen molar-refractivity contribution in [2.75, 3.05) is 0 Å². The van der Waals surface area contributed by atoms with Gasteiger partial charge in [-0.1, -0.05) is 20.8 Å². The predicted molar refractivity (Wildman–Crippen MR) is 92.9 cm³/mol. The van der Waals surface area contributed by atoms with Gasteiger partial charge in [-0.05, 0) is 85.8 Å². The summed E-state index contributed by atoms with van der Waals surface area (Å²) in [6.45, 7) is 6.50. The Hall–Kier alpha value is -1.18. The second-order valence-corrected chi connectivity index (χ2v) is 9.32. The average Bonchev–Trinajstić information content (AvgIpc) is 2.44. The van der Waals surface area contributed by atoms with E-state index in [0.717, 1.165) is 54.6 Å². The lowest BCUT2D eigenvalue weighted by molar-refractivity contribution is -0.00713. The van der Waals surface area contributed by atoms with Crippen LogP contribution < -0.4 is 0 Å². The Balaban J connectivity index is 1.78. The minimum atomic E-state index is -0.0189. The summed E-state index contributed by atoms with van der Waals surface area (Å²) in [4.78, 5) is 0. The summed E-state index contributed by atoms with van der Waals surface area (Å²) >= 11 is 0. The first-order valence-corrected chi connectivity index (χ1v) is 9.40. The first-order valence-electron chi connectivity index (χ1n) is 9.40. The average molecular weight is 314 g/mol. The molecule has 0 aliphatic heterocycles. The second-order valence-electron chi connectivity index (χ2n) is 9.32. The molecule has 2 nitrogen and oxygen atoms in total. The van der Waals surface area contributed by atoms with E-state index in [9.17, 15) is 10.2 Å². The van der Waals surface area contributed by atoms with Gasteiger partial charge in [0.05, 0.1) is 0 Å². The summed E-state index contributed by atoms with van der Waals surface area (Å²) in [6.07, 6.45) is 8.61. The zero-order valence-electron chi connectivity index (χ0n) is 14.7. The van der Waals surface area contributed by atoms with E-state index in [1.54, 1.807) is 0 Å². The molecule has 126 valence electrons. The number of hydrogen-bond donors (Lipinski definition) is 2. The standard InChI is InChI=1S/C21H30O2/c1-4-20(2,3)16-8-17(22)19(18(23)9-16)21-10-13-5-14(11-21)7-15(6-13)12-21/h8-9,13-15,22-23H,4-7,10-12H2,1-3H3. The van der Waals surface area contributed by atoms with Gasteiger partial charge in [-0.15, -0.1) is 0 Å². The maximum atomic E-state index is 10.8. The van der Waals surface area contributed by atoms with Gasteiger partial charge >= 0.3 is 0 Å². The first-order chi connectivity index (χ1) is 10.8. The molecule has 2 N–H and O–H groups in total. The largest absolute Gasteiger partial charge is 0.507 e. The van der Waals surface area contributed by atoms with E-state index >= 15 is 0 Å². The van der Waals surface area contributed by atoms with Crippen LogP contribution in [0.15, 0.2) is 12.1 Å². The predicted octanol–water partition coefficient (Wildman–Crippen LogP) is 5.25. The Morgan fingerprint density at radius 1 is 0.957 bits per heavy atom. The van der Waals surface area contributed by atoms with Crippen LogP contribution in [-0.2, 0) is 10.8 Å². The number of phenolic OH excluding ortho intramolecular Hbond substituents is 2. The third-order valence-corrected chi connectivity index (χ3v) is 7.33. The van der Waals surface area contributed by atoms with Gasteiger partial charge in [0.2, 0.25) is 0 Å². The molecule has 1 aromatic carbocycles. The van der Waals surface area contributed by atoms with E-state index in [2.05, 4.69) is 20.8 Å². The van der Waals surface area contributed by atoms with Gasteiger partial charge in [0.1, 0.15) is 11.5 Å². The molecule has 4 saturated carbocycles. The van der Waals surface area contributed by atoms with Gasteiger partial charge < -0.3 is 10.2 Å². The van der Waals surface area contributed by atoms with Gasteiger partial charge in [-0.3, -0.25) is 0 Å². The first kappa shape index (κ1) is 15.4. The summed E-state index contributed by atoms with van der Waals surface area (Å²) in [7, 11) is 0. The SMILES string of the molecule is CCC(C)(C)c1cc(O)c(C23CC4CC(CC(C4)C2)C3)c(O)c1. The smallest absolute Gasteiger partial charge is 0.123 e. The highest BCUT2D eigenvalue weighted by molar-refractivity contribution is 5.53. The molecular weight excluding hydrogens is 284 g/mol. The van der Waals surface area contributed by atoms with Crippen LogP contribution in [0.4, 0.5) is 0 Å². The molecule has 23 heavy (non-hydrogen) atoms. The van der Waals surface area contributed by atoms with E-state index in [1.165, 1.54) is 19.3 Å². The molecule has 0 amide bonds. The van der Waals surface area contributed by atoms with Crippen LogP contribution in [0.5, 0.6) is 11.5 Å². The third kappa shape index (κ3) is 2.28. The third-order valence-electron chi connectivity index (χ3n) is 7.33. The van der Waals surface area contributed by atoms with E-state index < -0.39 is 0 Å². The Kier molecular flexibility index (Phi) is 3.28. The van der Waals surface area contributed by atoms with E-state index in [4.69, 9.17) is 0 Å². The van der Waals surface area contributed by atoms with Crippen molar-refractivity contribution in [3.8, 4) is 11.5 Å². The van der Waals surface area contributed by atoms with Crippen molar-refractivity contribution in [1.29, 1.82) is 0 Å². The van der Waals surface area contributed by atoms with Gasteiger partial charge in [0.25, 0.3) is 0 Å². The minimum Gasteiger partial charge on any atom is -0.507 e. The highest BCUT2D eigenvalue weighted by Gasteiger charge is 2.53. The highest BCUT2D eigenvalue weighted by Crippen LogP contribution is 2.63. The maximum absolute atomic E-state index is 10.8. The molecule has 4 aliphatic rings. The van der Waals surface area contributed by atoms with E-state index in [0.29, 0.717) is 11.5 Å². The number of hydrogen-bond acceptors (Lipinski definition) is 2. The molecule has 4 fully saturated rings. The number of phenols is 2. The molecule has 0 saturated heterocycles. The normalized spacial score (nSPS) is 35.7. The topological polar surface area (TPSA) is 40.5 Å². The lowest BCUT2D eigenvalue weighted by atomic mass is 9.48. The molecule has 4 bridgehead atoms. The quantitative estimate of drug-likeness (QED) is 0.799. The van der Waals surface area contributed by atoms with Crippen LogP contribution in [0, 0.1) is 17.8 Å². The summed E-state index contributed by atoms with van der Waals surface area (Å²) in [6, 6.07) is 3.86. The van der Waals surface area contributed by atoms with Crippen LogP contribution in [0.3, 0.4) is 0 Å². The molecule has 0 atom stereocenters. The van der Waals surface area contributed by atoms with Crippen molar-refractivity contribution < 1.29 is 10.2 Å². The zero-order valence-corrected chi connectivity index (χ0v) is 14.7. The van der Waals surface area contributed by atoms with Crippen molar-refractivity contribution in [3.63, 3.8) is 0 Å². The van der Waals surface area contributed by atoms with Crippen LogP contribution in [-0.4, -0.2) is 10.2 Å². The highest BCUT2D eigenvalue weighted by atomic mass is 16.3. The molecule has 2 heteroatoms. The Morgan fingerprint density at radius 2 is 1.39 bits per heavy atom. The number of aromatic hydroxyl groups is 2. The Morgan fingerprint density at radius 3 is 1.78 bits per heavy atom. The fourth-order valence-corrected chi connectivity index (χ4v) is 6.17. The lowest BCUT2D eigenvalue weighted by Gasteiger charge is -2.57. The lowest BCUT2D eigenvalue weighted by Crippen LogP contribution is -2.48. The fourth-order valence-electron chi connectivity index (χ4n) is 6.17. The maximum Gasteiger partial charge on any atom is 0.123 e. The van der Waals surface area contributed by atoms with E-state index in [1.807, 2.05) is 12.1 Å². The monoisotopic (exact) mass is 314 g/mol. The summed E-state index contributed by atoms with van der Waals surface area (Å²) in [5, 5.41) is 21.7. The van der Waals surface area contributed by atoms with Crippen LogP contribution in [0.2, 0.25) is 0 Å². The van der Waals surface area contributed by atoms with Gasteiger partial charge in [-0.2, -0.15) is 0 Å². The van der Waals surface area contributed by atoms with Crippen LogP contribution in [0.1, 0.15) is 76.8 Å². The minimum absolute atomic E-state index is 0.0189. The van der Waals surface area contributed by atoms with Gasteiger partial charge in [-0.25, -0.2) is 0 Å². The fraction of sp³-hybridized carbons (Fsp3) is 0.714. The molecule has 0 radical (unpaired) electrons. The molecule has 0 aromatic heterocycles. The van der Waals surface area contributed by atoms with Crippen LogP contribution in [0.25, 0.3) is 0 Å². The van der Waals surface area contributed by atoms with Gasteiger partial charge in [0, 0.05) is 11.0 Å².